The van der Waals surface area contributed by atoms with Crippen LogP contribution in [0.25, 0.3) is 0 Å². The van der Waals surface area contributed by atoms with Crippen molar-refractivity contribution in [2.45, 2.75) is 51.0 Å². The fraction of sp³-hybridized carbons (Fsp3) is 0.433. The Balaban J connectivity index is 2.05. The Morgan fingerprint density at radius 3 is 2.32 bits per heavy atom. The molecular formula is C30H39ClN2O8. The zero-order valence-corrected chi connectivity index (χ0v) is 24.4. The lowest BCUT2D eigenvalue weighted by molar-refractivity contribution is -0.141. The van der Waals surface area contributed by atoms with Gasteiger partial charge < -0.3 is 35.4 Å². The molecular weight excluding hydrogens is 552 g/mol. The van der Waals surface area contributed by atoms with Gasteiger partial charge in [0.25, 0.3) is 0 Å². The average Bonchev–Trinajstić information content (AvgIpc) is 2.95. The minimum absolute atomic E-state index is 0.0674. The van der Waals surface area contributed by atoms with E-state index in [1.807, 2.05) is 30.3 Å². The Kier molecular flexibility index (Phi) is 13.8. The van der Waals surface area contributed by atoms with Crippen LogP contribution in [0, 0.1) is 11.8 Å². The number of rotatable bonds is 16. The van der Waals surface area contributed by atoms with E-state index in [0.717, 1.165) is 5.56 Å². The molecule has 0 unspecified atom stereocenters. The first-order valence-corrected chi connectivity index (χ1v) is 13.6. The molecule has 0 saturated carbocycles. The van der Waals surface area contributed by atoms with Crippen molar-refractivity contribution in [2.75, 3.05) is 20.8 Å². The summed E-state index contributed by atoms with van der Waals surface area (Å²) in [6, 6.07) is 13.1. The molecule has 2 aromatic rings. The molecule has 0 spiro atoms. The molecule has 10 nitrogen and oxygen atoms in total. The second-order valence-corrected chi connectivity index (χ2v) is 10.2. The van der Waals surface area contributed by atoms with E-state index < -0.39 is 54.0 Å². The fourth-order valence-electron chi connectivity index (χ4n) is 4.11. The van der Waals surface area contributed by atoms with Crippen LogP contribution < -0.4 is 15.4 Å². The van der Waals surface area contributed by atoms with E-state index in [9.17, 15) is 24.6 Å². The molecule has 0 saturated heterocycles. The molecule has 0 radical (unpaired) electrons. The van der Waals surface area contributed by atoms with Gasteiger partial charge in [-0.1, -0.05) is 67.9 Å². The predicted octanol–water partition coefficient (Wildman–Crippen LogP) is 2.90. The maximum Gasteiger partial charge on any atom is 0.308 e. The molecule has 2 rings (SSSR count). The van der Waals surface area contributed by atoms with Crippen molar-refractivity contribution in [3.63, 3.8) is 0 Å². The standard InChI is InChI=1S/C30H39ClN2O8/c1-18(30(38)39)17-32-29(37)23(16-20-13-14-25(40-3)22(31)15-20)33-26(35)12-8-11-24(34)19(2)27(36)28(41-4)21-9-6-5-7-10-21/h5-10,12-15,18-19,23-24,27-28,34,36H,11,16-17H2,1-4H3,(H,32,37)(H,33,35)(H,38,39)/b12-8+/t18-,19+,23+,24+,27-,28+/m1/s1. The van der Waals surface area contributed by atoms with Gasteiger partial charge in [-0.25, -0.2) is 0 Å². The number of carbonyl (C=O) groups excluding carboxylic acids is 2. The molecule has 0 aliphatic rings. The zero-order valence-electron chi connectivity index (χ0n) is 23.6. The number of carbonyl (C=O) groups is 3. The summed E-state index contributed by atoms with van der Waals surface area (Å²) in [6.07, 6.45) is 0.194. The number of carboxylic acid groups (broad SMARTS) is 1. The molecule has 0 heterocycles. The third-order valence-electron chi connectivity index (χ3n) is 6.78. The summed E-state index contributed by atoms with van der Waals surface area (Å²) in [5.74, 6) is -3.15. The van der Waals surface area contributed by atoms with Crippen molar-refractivity contribution in [1.29, 1.82) is 0 Å². The average molecular weight is 591 g/mol. The number of ether oxygens (including phenoxy) is 2. The van der Waals surface area contributed by atoms with E-state index >= 15 is 0 Å². The first-order valence-electron chi connectivity index (χ1n) is 13.2. The molecule has 41 heavy (non-hydrogen) atoms. The van der Waals surface area contributed by atoms with E-state index in [0.29, 0.717) is 16.3 Å². The van der Waals surface area contributed by atoms with E-state index in [1.165, 1.54) is 33.3 Å². The van der Waals surface area contributed by atoms with Crippen LogP contribution in [0.3, 0.4) is 0 Å². The van der Waals surface area contributed by atoms with Crippen LogP contribution in [0.2, 0.25) is 5.02 Å². The Bertz CT molecular complexity index is 1180. The summed E-state index contributed by atoms with van der Waals surface area (Å²) in [6.45, 7) is 3.04. The SMILES string of the molecule is COc1ccc(C[C@H](NC(=O)/C=C/C[C@H](O)[C@H](C)[C@@H](O)[C@@H](OC)c2ccccc2)C(=O)NC[C@@H](C)C(=O)O)cc1Cl. The number of benzene rings is 2. The van der Waals surface area contributed by atoms with Gasteiger partial charge in [0, 0.05) is 26.0 Å². The van der Waals surface area contributed by atoms with Crippen LogP contribution in [0.1, 0.15) is 37.5 Å². The molecule has 6 atom stereocenters. The van der Waals surface area contributed by atoms with E-state index in [2.05, 4.69) is 10.6 Å². The van der Waals surface area contributed by atoms with Crippen molar-refractivity contribution >= 4 is 29.4 Å². The molecule has 224 valence electrons. The summed E-state index contributed by atoms with van der Waals surface area (Å²) >= 11 is 6.21. The number of amides is 2. The highest BCUT2D eigenvalue weighted by molar-refractivity contribution is 6.32. The van der Waals surface area contributed by atoms with E-state index in [4.69, 9.17) is 26.2 Å². The van der Waals surface area contributed by atoms with E-state index in [-0.39, 0.29) is 19.4 Å². The number of carboxylic acids is 1. The minimum Gasteiger partial charge on any atom is -0.495 e. The highest BCUT2D eigenvalue weighted by atomic mass is 35.5. The summed E-state index contributed by atoms with van der Waals surface area (Å²) in [5.41, 5.74) is 1.42. The third kappa shape index (κ3) is 10.5. The Labute approximate surface area is 245 Å². The highest BCUT2D eigenvalue weighted by Gasteiger charge is 2.30. The first-order chi connectivity index (χ1) is 19.5. The molecule has 0 aliphatic heterocycles. The van der Waals surface area contributed by atoms with Gasteiger partial charge in [0.05, 0.1) is 30.3 Å². The largest absolute Gasteiger partial charge is 0.495 e. The molecule has 2 amide bonds. The number of aliphatic hydroxyl groups is 2. The zero-order chi connectivity index (χ0) is 30.5. The van der Waals surface area contributed by atoms with Crippen molar-refractivity contribution in [1.82, 2.24) is 10.6 Å². The summed E-state index contributed by atoms with van der Waals surface area (Å²) < 4.78 is 10.6. The Morgan fingerprint density at radius 1 is 1.05 bits per heavy atom. The number of aliphatic carboxylic acids is 1. The van der Waals surface area contributed by atoms with Crippen LogP contribution in [0.15, 0.2) is 60.7 Å². The number of hydrogen-bond acceptors (Lipinski definition) is 7. The van der Waals surface area contributed by atoms with Crippen LogP contribution in [0.5, 0.6) is 5.75 Å². The highest BCUT2D eigenvalue weighted by Crippen LogP contribution is 2.28. The van der Waals surface area contributed by atoms with Crippen molar-refractivity contribution in [2.24, 2.45) is 11.8 Å². The number of hydrogen-bond donors (Lipinski definition) is 5. The lowest BCUT2D eigenvalue weighted by atomic mass is 9.89. The first kappa shape index (κ1) is 33.8. The van der Waals surface area contributed by atoms with Crippen LogP contribution in [-0.2, 0) is 25.5 Å². The lowest BCUT2D eigenvalue weighted by Gasteiger charge is -2.29. The quantitative estimate of drug-likeness (QED) is 0.187. The molecule has 11 heteroatoms. The van der Waals surface area contributed by atoms with Crippen molar-refractivity contribution in [3.8, 4) is 5.75 Å². The number of nitrogens with one attached hydrogen (secondary N) is 2. The Hall–Kier alpha value is -3.44. The lowest BCUT2D eigenvalue weighted by Crippen LogP contribution is -2.48. The topological polar surface area (TPSA) is 154 Å². The van der Waals surface area contributed by atoms with Crippen LogP contribution in [0.4, 0.5) is 0 Å². The van der Waals surface area contributed by atoms with E-state index in [1.54, 1.807) is 25.1 Å². The maximum atomic E-state index is 12.9. The Morgan fingerprint density at radius 2 is 1.73 bits per heavy atom. The fourth-order valence-corrected chi connectivity index (χ4v) is 4.39. The molecule has 0 aromatic heterocycles. The van der Waals surface area contributed by atoms with Crippen LogP contribution in [-0.4, -0.2) is 72.1 Å². The predicted molar refractivity (Wildman–Crippen MR) is 155 cm³/mol. The summed E-state index contributed by atoms with van der Waals surface area (Å²) in [4.78, 5) is 36.7. The van der Waals surface area contributed by atoms with Crippen molar-refractivity contribution in [3.05, 3.63) is 76.8 Å². The smallest absolute Gasteiger partial charge is 0.308 e. The van der Waals surface area contributed by atoms with Gasteiger partial charge in [0.1, 0.15) is 17.9 Å². The summed E-state index contributed by atoms with van der Waals surface area (Å²) in [5, 5.41) is 36.1. The van der Waals surface area contributed by atoms with Gasteiger partial charge in [-0.15, -0.1) is 0 Å². The second kappa shape index (κ2) is 16.7. The monoisotopic (exact) mass is 590 g/mol. The van der Waals surface area contributed by atoms with Gasteiger partial charge in [-0.3, -0.25) is 14.4 Å². The minimum atomic E-state index is -1.06. The molecule has 2 aromatic carbocycles. The molecule has 0 bridgehead atoms. The number of aliphatic hydroxyl groups excluding tert-OH is 2. The normalized spacial score (nSPS) is 15.8. The second-order valence-electron chi connectivity index (χ2n) is 9.84. The molecule has 0 aliphatic carbocycles. The summed E-state index contributed by atoms with van der Waals surface area (Å²) in [7, 11) is 2.96. The number of methoxy groups -OCH3 is 2. The molecule has 0 fully saturated rings. The van der Waals surface area contributed by atoms with Gasteiger partial charge in [0.15, 0.2) is 0 Å². The maximum absolute atomic E-state index is 12.9. The third-order valence-corrected chi connectivity index (χ3v) is 7.07. The van der Waals surface area contributed by atoms with Crippen molar-refractivity contribution < 1.29 is 39.2 Å². The van der Waals surface area contributed by atoms with Crippen LogP contribution >= 0.6 is 11.6 Å². The van der Waals surface area contributed by atoms with Gasteiger partial charge in [-0.2, -0.15) is 0 Å². The molecule has 5 N–H and O–H groups in total. The van der Waals surface area contributed by atoms with Gasteiger partial charge in [0.2, 0.25) is 11.8 Å². The van der Waals surface area contributed by atoms with Gasteiger partial charge in [-0.05, 0) is 35.8 Å². The van der Waals surface area contributed by atoms with Gasteiger partial charge >= 0.3 is 5.97 Å². The number of halogens is 1.